The summed E-state index contributed by atoms with van der Waals surface area (Å²) < 4.78 is 5.15. The molecule has 130 valence electrons. The van der Waals surface area contributed by atoms with Crippen LogP contribution in [0.25, 0.3) is 0 Å². The van der Waals surface area contributed by atoms with E-state index in [1.165, 1.54) is 31.4 Å². The molecule has 0 spiro atoms. The van der Waals surface area contributed by atoms with Gasteiger partial charge >= 0.3 is 5.97 Å². The van der Waals surface area contributed by atoms with Crippen LogP contribution in [0.2, 0.25) is 0 Å². The predicted molar refractivity (Wildman–Crippen MR) is 91.9 cm³/mol. The Hall–Kier alpha value is -2.30. The van der Waals surface area contributed by atoms with Gasteiger partial charge in [0.05, 0.1) is 0 Å². The number of aryl methyl sites for hydroxylation is 1. The Morgan fingerprint density at radius 1 is 1.33 bits per heavy atom. The van der Waals surface area contributed by atoms with E-state index >= 15 is 0 Å². The van der Waals surface area contributed by atoms with Gasteiger partial charge in [-0.25, -0.2) is 4.79 Å². The summed E-state index contributed by atoms with van der Waals surface area (Å²) in [5.41, 5.74) is 2.04. The van der Waals surface area contributed by atoms with Gasteiger partial charge in [0.15, 0.2) is 6.10 Å². The van der Waals surface area contributed by atoms with Crippen LogP contribution in [0.5, 0.6) is 5.75 Å². The minimum atomic E-state index is -0.905. The number of esters is 1. The van der Waals surface area contributed by atoms with Crippen LogP contribution in [-0.2, 0) is 9.53 Å². The molecule has 1 aliphatic carbocycles. The van der Waals surface area contributed by atoms with Crippen LogP contribution in [0.3, 0.4) is 0 Å². The number of allylic oxidation sites excluding steroid dienone is 1. The minimum absolute atomic E-state index is 0.0713. The number of phenols is 1. The molecule has 0 aromatic heterocycles. The summed E-state index contributed by atoms with van der Waals surface area (Å²) in [4.78, 5) is 24.1. The smallest absolute Gasteiger partial charge is 0.342 e. The number of carbonyl (C=O) groups is 2. The molecule has 1 aromatic carbocycles. The van der Waals surface area contributed by atoms with Gasteiger partial charge in [-0.1, -0.05) is 23.8 Å². The summed E-state index contributed by atoms with van der Waals surface area (Å²) in [6.07, 6.45) is 6.87. The quantitative estimate of drug-likeness (QED) is 0.620. The lowest BCUT2D eigenvalue weighted by Gasteiger charge is -2.16. The van der Waals surface area contributed by atoms with E-state index in [2.05, 4.69) is 11.4 Å². The molecule has 0 heterocycles. The molecule has 1 atom stereocenters. The lowest BCUT2D eigenvalue weighted by atomic mass is 9.97. The molecular formula is C19H25NO4. The molecule has 0 bridgehead atoms. The van der Waals surface area contributed by atoms with Gasteiger partial charge in [0.2, 0.25) is 0 Å². The van der Waals surface area contributed by atoms with E-state index in [4.69, 9.17) is 4.74 Å². The van der Waals surface area contributed by atoms with Gasteiger partial charge in [-0.2, -0.15) is 0 Å². The van der Waals surface area contributed by atoms with Crippen molar-refractivity contribution in [3.05, 3.63) is 41.0 Å². The molecule has 0 radical (unpaired) electrons. The van der Waals surface area contributed by atoms with Crippen LogP contribution in [-0.4, -0.2) is 29.6 Å². The number of carbonyl (C=O) groups excluding carboxylic acids is 2. The van der Waals surface area contributed by atoms with Crippen LogP contribution in [0.1, 0.15) is 54.9 Å². The molecule has 0 unspecified atom stereocenters. The molecular weight excluding hydrogens is 306 g/mol. The molecule has 1 amide bonds. The zero-order valence-corrected chi connectivity index (χ0v) is 14.3. The van der Waals surface area contributed by atoms with Crippen molar-refractivity contribution in [1.82, 2.24) is 5.32 Å². The van der Waals surface area contributed by atoms with Gasteiger partial charge in [0.1, 0.15) is 11.3 Å². The highest BCUT2D eigenvalue weighted by Gasteiger charge is 2.21. The molecule has 1 aromatic rings. The third-order valence-corrected chi connectivity index (χ3v) is 4.24. The van der Waals surface area contributed by atoms with E-state index in [1.54, 1.807) is 19.1 Å². The SMILES string of the molecule is Cc1cccc(C(=O)O[C@H](C)C(=O)NCCC2=CCCCC2)c1O. The fourth-order valence-corrected chi connectivity index (χ4v) is 2.72. The Morgan fingerprint density at radius 2 is 2.12 bits per heavy atom. The topological polar surface area (TPSA) is 75.6 Å². The monoisotopic (exact) mass is 331 g/mol. The molecule has 0 saturated carbocycles. The average molecular weight is 331 g/mol. The Bertz CT molecular complexity index is 636. The largest absolute Gasteiger partial charge is 0.507 e. The summed E-state index contributed by atoms with van der Waals surface area (Å²) >= 11 is 0. The lowest BCUT2D eigenvalue weighted by Crippen LogP contribution is -2.36. The highest BCUT2D eigenvalue weighted by atomic mass is 16.5. The average Bonchev–Trinajstić information content (AvgIpc) is 2.58. The predicted octanol–water partition coefficient (Wildman–Crippen LogP) is 3.25. The van der Waals surface area contributed by atoms with Crippen molar-refractivity contribution in [3.8, 4) is 5.75 Å². The third-order valence-electron chi connectivity index (χ3n) is 4.24. The van der Waals surface area contributed by atoms with Gasteiger partial charge in [0.25, 0.3) is 5.91 Å². The van der Waals surface area contributed by atoms with E-state index in [0.717, 1.165) is 19.3 Å². The van der Waals surface area contributed by atoms with E-state index in [1.807, 2.05) is 0 Å². The van der Waals surface area contributed by atoms with E-state index in [9.17, 15) is 14.7 Å². The van der Waals surface area contributed by atoms with E-state index < -0.39 is 12.1 Å². The molecule has 0 fully saturated rings. The first-order chi connectivity index (χ1) is 11.5. The fourth-order valence-electron chi connectivity index (χ4n) is 2.72. The number of aromatic hydroxyl groups is 1. The maximum Gasteiger partial charge on any atom is 0.342 e. The van der Waals surface area contributed by atoms with Gasteiger partial charge in [0, 0.05) is 6.54 Å². The van der Waals surface area contributed by atoms with Crippen molar-refractivity contribution in [3.63, 3.8) is 0 Å². The molecule has 5 heteroatoms. The normalized spacial score (nSPS) is 15.3. The molecule has 0 aliphatic heterocycles. The number of hydrogen-bond donors (Lipinski definition) is 2. The second kappa shape index (κ2) is 8.52. The summed E-state index contributed by atoms with van der Waals surface area (Å²) in [5.74, 6) is -1.14. The van der Waals surface area contributed by atoms with Crippen molar-refractivity contribution in [2.75, 3.05) is 6.54 Å². The third kappa shape index (κ3) is 4.85. The first kappa shape index (κ1) is 18.0. The molecule has 1 aliphatic rings. The Morgan fingerprint density at radius 3 is 2.83 bits per heavy atom. The van der Waals surface area contributed by atoms with Gasteiger partial charge in [-0.05, 0) is 57.6 Å². The lowest BCUT2D eigenvalue weighted by molar-refractivity contribution is -0.129. The summed E-state index contributed by atoms with van der Waals surface area (Å²) in [7, 11) is 0. The number of hydrogen-bond acceptors (Lipinski definition) is 4. The molecule has 2 N–H and O–H groups in total. The standard InChI is InChI=1S/C19H25NO4/c1-13-7-6-10-16(17(13)21)19(23)24-14(2)18(22)20-12-11-15-8-4-3-5-9-15/h6-8,10,14,21H,3-5,9,11-12H2,1-2H3,(H,20,22)/t14-/m1/s1. The van der Waals surface area contributed by atoms with Gasteiger partial charge in [-0.3, -0.25) is 4.79 Å². The molecule has 2 rings (SSSR count). The Labute approximate surface area is 142 Å². The highest BCUT2D eigenvalue weighted by molar-refractivity contribution is 5.94. The first-order valence-electron chi connectivity index (χ1n) is 8.44. The summed E-state index contributed by atoms with van der Waals surface area (Å²) in [6, 6.07) is 4.83. The molecule has 5 nitrogen and oxygen atoms in total. The van der Waals surface area contributed by atoms with Gasteiger partial charge in [-0.15, -0.1) is 0 Å². The van der Waals surface area contributed by atoms with Crippen molar-refractivity contribution < 1.29 is 19.4 Å². The maximum atomic E-state index is 12.1. The Balaban J connectivity index is 1.81. The van der Waals surface area contributed by atoms with Crippen LogP contribution < -0.4 is 5.32 Å². The number of benzene rings is 1. The highest BCUT2D eigenvalue weighted by Crippen LogP contribution is 2.22. The molecule has 24 heavy (non-hydrogen) atoms. The second-order valence-corrected chi connectivity index (χ2v) is 6.17. The minimum Gasteiger partial charge on any atom is -0.507 e. The number of nitrogens with one attached hydrogen (secondary N) is 1. The molecule has 0 saturated heterocycles. The van der Waals surface area contributed by atoms with Crippen molar-refractivity contribution in [2.24, 2.45) is 0 Å². The number of amides is 1. The first-order valence-corrected chi connectivity index (χ1v) is 8.44. The number of para-hydroxylation sites is 1. The van der Waals surface area contributed by atoms with E-state index in [0.29, 0.717) is 12.1 Å². The second-order valence-electron chi connectivity index (χ2n) is 6.17. The van der Waals surface area contributed by atoms with Crippen molar-refractivity contribution in [2.45, 2.75) is 52.1 Å². The number of rotatable bonds is 6. The van der Waals surface area contributed by atoms with E-state index in [-0.39, 0.29) is 17.2 Å². The maximum absolute atomic E-state index is 12.1. The zero-order chi connectivity index (χ0) is 17.5. The fraction of sp³-hybridized carbons (Fsp3) is 0.474. The van der Waals surface area contributed by atoms with Crippen LogP contribution >= 0.6 is 0 Å². The van der Waals surface area contributed by atoms with Gasteiger partial charge < -0.3 is 15.2 Å². The number of ether oxygens (including phenoxy) is 1. The summed E-state index contributed by atoms with van der Waals surface area (Å²) in [5, 5.41) is 12.7. The van der Waals surface area contributed by atoms with Crippen molar-refractivity contribution in [1.29, 1.82) is 0 Å². The summed E-state index contributed by atoms with van der Waals surface area (Å²) in [6.45, 7) is 3.77. The Kier molecular flexibility index (Phi) is 6.41. The van der Waals surface area contributed by atoms with Crippen LogP contribution in [0, 0.1) is 6.92 Å². The van der Waals surface area contributed by atoms with Crippen LogP contribution in [0.4, 0.5) is 0 Å². The van der Waals surface area contributed by atoms with Crippen molar-refractivity contribution >= 4 is 11.9 Å². The van der Waals surface area contributed by atoms with Crippen LogP contribution in [0.15, 0.2) is 29.8 Å². The number of phenolic OH excluding ortho intramolecular Hbond substituents is 1. The zero-order valence-electron chi connectivity index (χ0n) is 14.3.